The third-order valence-electron chi connectivity index (χ3n) is 4.08. The summed E-state index contributed by atoms with van der Waals surface area (Å²) in [5, 5.41) is 2.97. The van der Waals surface area contributed by atoms with Crippen molar-refractivity contribution in [3.8, 4) is 17.2 Å². The molecule has 0 radical (unpaired) electrons. The quantitative estimate of drug-likeness (QED) is 0.632. The summed E-state index contributed by atoms with van der Waals surface area (Å²) in [7, 11) is 0. The van der Waals surface area contributed by atoms with Gasteiger partial charge in [0, 0.05) is 42.8 Å². The number of rotatable bonds is 7. The van der Waals surface area contributed by atoms with Crippen molar-refractivity contribution in [3.05, 3.63) is 59.1 Å². The Hall–Kier alpha value is -2.51. The maximum Gasteiger partial charge on any atom is 0.149 e. The first-order valence-corrected chi connectivity index (χ1v) is 9.40. The number of thiazole rings is 1. The fourth-order valence-corrected chi connectivity index (χ4v) is 3.34. The van der Waals surface area contributed by atoms with Crippen LogP contribution in [0.5, 0.6) is 17.2 Å². The molecule has 0 bridgehead atoms. The Morgan fingerprint density at radius 1 is 1.19 bits per heavy atom. The predicted molar refractivity (Wildman–Crippen MR) is 97.9 cm³/mol. The molecule has 7 heteroatoms. The standard InChI is InChI=1S/C19H19N3O3S/c1-2-15(10-20-4-1)25-16-8-18(24-13-14-3-6-23-12-14)17(22-11-16)9-19-21-5-7-26-19/h1-2,4-5,7-8,10-11,14H,3,6,9,12-13H2. The second-order valence-electron chi connectivity index (χ2n) is 6.05. The molecule has 1 unspecified atom stereocenters. The first-order chi connectivity index (χ1) is 12.9. The van der Waals surface area contributed by atoms with Gasteiger partial charge in [0.2, 0.25) is 0 Å². The summed E-state index contributed by atoms with van der Waals surface area (Å²) >= 11 is 1.61. The lowest BCUT2D eigenvalue weighted by Gasteiger charge is -2.14. The minimum atomic E-state index is 0.422. The lowest BCUT2D eigenvalue weighted by molar-refractivity contribution is 0.166. The van der Waals surface area contributed by atoms with Crippen LogP contribution in [0, 0.1) is 5.92 Å². The average Bonchev–Trinajstić information content (AvgIpc) is 3.36. The van der Waals surface area contributed by atoms with Crippen LogP contribution in [0.4, 0.5) is 0 Å². The smallest absolute Gasteiger partial charge is 0.149 e. The van der Waals surface area contributed by atoms with Crippen LogP contribution in [-0.4, -0.2) is 34.8 Å². The van der Waals surface area contributed by atoms with Crippen LogP contribution >= 0.6 is 11.3 Å². The largest absolute Gasteiger partial charge is 0.491 e. The molecule has 0 aromatic carbocycles. The molecule has 0 spiro atoms. The molecule has 0 amide bonds. The van der Waals surface area contributed by atoms with Gasteiger partial charge in [-0.3, -0.25) is 9.97 Å². The summed E-state index contributed by atoms with van der Waals surface area (Å²) < 4.78 is 17.4. The normalized spacial score (nSPS) is 16.5. The van der Waals surface area contributed by atoms with Crippen molar-refractivity contribution in [2.75, 3.05) is 19.8 Å². The highest BCUT2D eigenvalue weighted by Crippen LogP contribution is 2.29. The first kappa shape index (κ1) is 16.9. The lowest BCUT2D eigenvalue weighted by atomic mass is 10.1. The molecule has 0 saturated carbocycles. The van der Waals surface area contributed by atoms with Gasteiger partial charge in [0.25, 0.3) is 0 Å². The molecular formula is C19H19N3O3S. The van der Waals surface area contributed by atoms with Crippen LogP contribution < -0.4 is 9.47 Å². The van der Waals surface area contributed by atoms with E-state index in [-0.39, 0.29) is 0 Å². The molecule has 1 aliphatic rings. The molecule has 0 N–H and O–H groups in total. The lowest BCUT2D eigenvalue weighted by Crippen LogP contribution is -2.13. The van der Waals surface area contributed by atoms with Crippen molar-refractivity contribution < 1.29 is 14.2 Å². The number of nitrogens with zero attached hydrogens (tertiary/aromatic N) is 3. The molecule has 6 nitrogen and oxygen atoms in total. The van der Waals surface area contributed by atoms with E-state index in [1.807, 2.05) is 23.6 Å². The van der Waals surface area contributed by atoms with Gasteiger partial charge >= 0.3 is 0 Å². The Kier molecular flexibility index (Phi) is 5.37. The minimum absolute atomic E-state index is 0.422. The first-order valence-electron chi connectivity index (χ1n) is 8.52. The zero-order chi connectivity index (χ0) is 17.6. The maximum atomic E-state index is 6.09. The molecule has 1 saturated heterocycles. The summed E-state index contributed by atoms with van der Waals surface area (Å²) in [4.78, 5) is 13.0. The van der Waals surface area contributed by atoms with E-state index in [1.54, 1.807) is 36.1 Å². The fraction of sp³-hybridized carbons (Fsp3) is 0.316. The minimum Gasteiger partial charge on any atom is -0.491 e. The molecule has 4 rings (SSSR count). The molecule has 1 fully saturated rings. The van der Waals surface area contributed by atoms with Crippen molar-refractivity contribution in [2.45, 2.75) is 12.8 Å². The van der Waals surface area contributed by atoms with E-state index in [9.17, 15) is 0 Å². The highest BCUT2D eigenvalue weighted by Gasteiger charge is 2.18. The van der Waals surface area contributed by atoms with Gasteiger partial charge in [0.1, 0.15) is 17.2 Å². The Morgan fingerprint density at radius 2 is 2.19 bits per heavy atom. The van der Waals surface area contributed by atoms with Crippen LogP contribution in [0.2, 0.25) is 0 Å². The zero-order valence-electron chi connectivity index (χ0n) is 14.2. The summed E-state index contributed by atoms with van der Waals surface area (Å²) in [6.45, 7) is 2.17. The van der Waals surface area contributed by atoms with Crippen LogP contribution in [-0.2, 0) is 11.2 Å². The van der Waals surface area contributed by atoms with Gasteiger partial charge in [0.05, 0.1) is 36.3 Å². The summed E-state index contributed by atoms with van der Waals surface area (Å²) in [5.41, 5.74) is 0.859. The summed E-state index contributed by atoms with van der Waals surface area (Å²) in [5.74, 6) is 2.44. The molecule has 4 heterocycles. The summed E-state index contributed by atoms with van der Waals surface area (Å²) in [6.07, 6.45) is 8.56. The van der Waals surface area contributed by atoms with Gasteiger partial charge in [-0.2, -0.15) is 0 Å². The van der Waals surface area contributed by atoms with E-state index in [2.05, 4.69) is 15.0 Å². The fourth-order valence-electron chi connectivity index (χ4n) is 2.72. The molecule has 0 aliphatic carbocycles. The number of ether oxygens (including phenoxy) is 3. The van der Waals surface area contributed by atoms with E-state index in [1.165, 1.54) is 0 Å². The Bertz CT molecular complexity index is 821. The zero-order valence-corrected chi connectivity index (χ0v) is 15.0. The topological polar surface area (TPSA) is 66.4 Å². The van der Waals surface area contributed by atoms with E-state index < -0.39 is 0 Å². The van der Waals surface area contributed by atoms with Gasteiger partial charge < -0.3 is 14.2 Å². The van der Waals surface area contributed by atoms with Crippen molar-refractivity contribution in [2.24, 2.45) is 5.92 Å². The second kappa shape index (κ2) is 8.25. The van der Waals surface area contributed by atoms with Gasteiger partial charge in [-0.15, -0.1) is 11.3 Å². The highest BCUT2D eigenvalue weighted by molar-refractivity contribution is 7.09. The second-order valence-corrected chi connectivity index (χ2v) is 7.03. The maximum absolute atomic E-state index is 6.09. The van der Waals surface area contributed by atoms with Crippen LogP contribution in [0.15, 0.2) is 48.4 Å². The van der Waals surface area contributed by atoms with Gasteiger partial charge in [-0.25, -0.2) is 4.98 Å². The Labute approximate surface area is 155 Å². The van der Waals surface area contributed by atoms with Gasteiger partial charge in [-0.1, -0.05) is 0 Å². The van der Waals surface area contributed by atoms with Gasteiger partial charge in [0.15, 0.2) is 0 Å². The Morgan fingerprint density at radius 3 is 2.96 bits per heavy atom. The van der Waals surface area contributed by atoms with E-state index in [0.717, 1.165) is 36.1 Å². The molecule has 134 valence electrons. The number of hydrogen-bond donors (Lipinski definition) is 0. The summed E-state index contributed by atoms with van der Waals surface area (Å²) in [6, 6.07) is 5.57. The van der Waals surface area contributed by atoms with E-state index in [0.29, 0.717) is 30.4 Å². The number of aromatic nitrogens is 3. The number of hydrogen-bond acceptors (Lipinski definition) is 7. The third kappa shape index (κ3) is 4.36. The van der Waals surface area contributed by atoms with Gasteiger partial charge in [-0.05, 0) is 18.6 Å². The Balaban J connectivity index is 1.53. The molecule has 3 aromatic rings. The van der Waals surface area contributed by atoms with E-state index >= 15 is 0 Å². The van der Waals surface area contributed by atoms with Crippen LogP contribution in [0.3, 0.4) is 0 Å². The third-order valence-corrected chi connectivity index (χ3v) is 4.86. The van der Waals surface area contributed by atoms with Crippen LogP contribution in [0.25, 0.3) is 0 Å². The highest BCUT2D eigenvalue weighted by atomic mass is 32.1. The molecule has 1 atom stereocenters. The molecule has 3 aromatic heterocycles. The van der Waals surface area contributed by atoms with Crippen molar-refractivity contribution in [3.63, 3.8) is 0 Å². The van der Waals surface area contributed by atoms with E-state index in [4.69, 9.17) is 14.2 Å². The molecule has 1 aliphatic heterocycles. The predicted octanol–water partition coefficient (Wildman–Crippen LogP) is 3.73. The molecule has 26 heavy (non-hydrogen) atoms. The van der Waals surface area contributed by atoms with Crippen LogP contribution in [0.1, 0.15) is 17.1 Å². The van der Waals surface area contributed by atoms with Crippen molar-refractivity contribution in [1.82, 2.24) is 15.0 Å². The monoisotopic (exact) mass is 369 g/mol. The molecular weight excluding hydrogens is 350 g/mol. The van der Waals surface area contributed by atoms with Crippen molar-refractivity contribution >= 4 is 11.3 Å². The SMILES string of the molecule is c1cncc(Oc2cnc(Cc3nccs3)c(OCC3CCOC3)c2)c1. The van der Waals surface area contributed by atoms with Crippen molar-refractivity contribution in [1.29, 1.82) is 0 Å². The number of pyridine rings is 2. The average molecular weight is 369 g/mol.